The number of likely N-dealkylation sites (tertiary alicyclic amines) is 1. The van der Waals surface area contributed by atoms with Crippen molar-refractivity contribution in [1.29, 1.82) is 0 Å². The molecule has 0 saturated carbocycles. The fraction of sp³-hybridized carbons (Fsp3) is 0.600. The molecule has 2 fully saturated rings. The number of aryl methyl sites for hydroxylation is 1. The molecule has 2 aliphatic heterocycles. The molecule has 0 radical (unpaired) electrons. The molecule has 2 aromatic rings. The summed E-state index contributed by atoms with van der Waals surface area (Å²) >= 11 is 0. The summed E-state index contributed by atoms with van der Waals surface area (Å²) in [5.41, 5.74) is 0.821. The lowest BCUT2D eigenvalue weighted by Gasteiger charge is -2.33. The van der Waals surface area contributed by atoms with Crippen LogP contribution in [0, 0.1) is 6.92 Å². The van der Waals surface area contributed by atoms with E-state index in [0.29, 0.717) is 0 Å². The standard InChI is InChI=1S/C20H28N4O3/c1-15-4-5-19(27-15)14-22-8-2-3-16(13-22)24-20(26)11-17(12-21-24)23-9-6-18(25)7-10-23/h4-5,11-12,16,18,25H,2-3,6-10,13-14H2,1H3/t16-/m0/s1. The molecule has 7 heteroatoms. The van der Waals surface area contributed by atoms with Crippen LogP contribution >= 0.6 is 0 Å². The summed E-state index contributed by atoms with van der Waals surface area (Å²) in [5.74, 6) is 1.90. The molecule has 0 amide bonds. The fourth-order valence-corrected chi connectivity index (χ4v) is 4.14. The first-order valence-corrected chi connectivity index (χ1v) is 9.88. The molecule has 146 valence electrons. The Morgan fingerprint density at radius 3 is 2.74 bits per heavy atom. The van der Waals surface area contributed by atoms with Gasteiger partial charge in [0.05, 0.1) is 30.6 Å². The summed E-state index contributed by atoms with van der Waals surface area (Å²) in [5, 5.41) is 14.1. The van der Waals surface area contributed by atoms with Crippen molar-refractivity contribution in [3.8, 4) is 0 Å². The number of anilines is 1. The summed E-state index contributed by atoms with van der Waals surface area (Å²) in [7, 11) is 0. The summed E-state index contributed by atoms with van der Waals surface area (Å²) in [6.07, 6.45) is 5.08. The second-order valence-corrected chi connectivity index (χ2v) is 7.76. The molecule has 27 heavy (non-hydrogen) atoms. The summed E-state index contributed by atoms with van der Waals surface area (Å²) in [6.45, 7) is 6.09. The molecule has 0 bridgehead atoms. The average molecular weight is 372 g/mol. The zero-order valence-corrected chi connectivity index (χ0v) is 15.9. The van der Waals surface area contributed by atoms with Gasteiger partial charge in [0.1, 0.15) is 11.5 Å². The quantitative estimate of drug-likeness (QED) is 0.884. The summed E-state index contributed by atoms with van der Waals surface area (Å²) < 4.78 is 7.33. The van der Waals surface area contributed by atoms with E-state index in [0.717, 1.165) is 75.6 Å². The Labute approximate surface area is 159 Å². The Balaban J connectivity index is 1.43. The van der Waals surface area contributed by atoms with Gasteiger partial charge in [0.25, 0.3) is 5.56 Å². The van der Waals surface area contributed by atoms with E-state index in [9.17, 15) is 9.90 Å². The van der Waals surface area contributed by atoms with Gasteiger partial charge in [0.2, 0.25) is 0 Å². The van der Waals surface area contributed by atoms with Gasteiger partial charge >= 0.3 is 0 Å². The molecular formula is C20H28N4O3. The van der Waals surface area contributed by atoms with E-state index in [1.165, 1.54) is 0 Å². The van der Waals surface area contributed by atoms with Crippen molar-refractivity contribution < 1.29 is 9.52 Å². The van der Waals surface area contributed by atoms with Gasteiger partial charge in [-0.3, -0.25) is 9.69 Å². The molecule has 4 heterocycles. The van der Waals surface area contributed by atoms with Gasteiger partial charge in [-0.05, 0) is 51.3 Å². The van der Waals surface area contributed by atoms with Gasteiger partial charge in [0.15, 0.2) is 0 Å². The third-order valence-corrected chi connectivity index (χ3v) is 5.64. The number of aliphatic hydroxyl groups excluding tert-OH is 1. The molecule has 0 spiro atoms. The first kappa shape index (κ1) is 18.3. The van der Waals surface area contributed by atoms with Gasteiger partial charge in [-0.25, -0.2) is 4.68 Å². The SMILES string of the molecule is Cc1ccc(CN2CCC[C@H](n3ncc(N4CCC(O)CC4)cc3=O)C2)o1. The van der Waals surface area contributed by atoms with Crippen molar-refractivity contribution in [1.82, 2.24) is 14.7 Å². The van der Waals surface area contributed by atoms with Gasteiger partial charge < -0.3 is 14.4 Å². The Hall–Kier alpha value is -2.12. The van der Waals surface area contributed by atoms with Gasteiger partial charge in [-0.15, -0.1) is 0 Å². The smallest absolute Gasteiger partial charge is 0.269 e. The van der Waals surface area contributed by atoms with Crippen molar-refractivity contribution in [3.05, 3.63) is 46.3 Å². The molecule has 7 nitrogen and oxygen atoms in total. The minimum Gasteiger partial charge on any atom is -0.465 e. The largest absolute Gasteiger partial charge is 0.465 e. The lowest BCUT2D eigenvalue weighted by atomic mass is 10.1. The minimum absolute atomic E-state index is 0.0423. The molecule has 2 aliphatic rings. The Bertz CT molecular complexity index is 823. The molecule has 0 aromatic carbocycles. The summed E-state index contributed by atoms with van der Waals surface area (Å²) in [6, 6.07) is 5.80. The average Bonchev–Trinajstić information content (AvgIpc) is 3.07. The van der Waals surface area contributed by atoms with Crippen molar-refractivity contribution in [2.24, 2.45) is 0 Å². The third-order valence-electron chi connectivity index (χ3n) is 5.64. The van der Waals surface area contributed by atoms with E-state index in [2.05, 4.69) is 14.9 Å². The number of furan rings is 1. The lowest BCUT2D eigenvalue weighted by molar-refractivity contribution is 0.145. The highest BCUT2D eigenvalue weighted by Crippen LogP contribution is 2.23. The van der Waals surface area contributed by atoms with Gasteiger partial charge in [0, 0.05) is 25.7 Å². The van der Waals surface area contributed by atoms with E-state index >= 15 is 0 Å². The van der Waals surface area contributed by atoms with E-state index in [4.69, 9.17) is 4.42 Å². The lowest BCUT2D eigenvalue weighted by Crippen LogP contribution is -2.41. The van der Waals surface area contributed by atoms with Crippen molar-refractivity contribution in [3.63, 3.8) is 0 Å². The number of aliphatic hydroxyl groups is 1. The first-order valence-electron chi connectivity index (χ1n) is 9.88. The summed E-state index contributed by atoms with van der Waals surface area (Å²) in [4.78, 5) is 17.2. The molecule has 1 N–H and O–H groups in total. The second-order valence-electron chi connectivity index (χ2n) is 7.76. The second kappa shape index (κ2) is 7.86. The van der Waals surface area contributed by atoms with E-state index in [-0.39, 0.29) is 17.7 Å². The van der Waals surface area contributed by atoms with E-state index in [1.54, 1.807) is 16.9 Å². The minimum atomic E-state index is -0.222. The number of aromatic nitrogens is 2. The predicted octanol–water partition coefficient (Wildman–Crippen LogP) is 1.94. The Kier molecular flexibility index (Phi) is 5.31. The molecule has 0 unspecified atom stereocenters. The normalized spacial score (nSPS) is 22.3. The predicted molar refractivity (Wildman–Crippen MR) is 103 cm³/mol. The van der Waals surface area contributed by atoms with Crippen LogP contribution in [0.4, 0.5) is 5.69 Å². The molecular weight excluding hydrogens is 344 g/mol. The van der Waals surface area contributed by atoms with Crippen LogP contribution < -0.4 is 10.5 Å². The van der Waals surface area contributed by atoms with Crippen LogP contribution in [-0.2, 0) is 6.54 Å². The van der Waals surface area contributed by atoms with Gasteiger partial charge in [-0.2, -0.15) is 5.10 Å². The Morgan fingerprint density at radius 2 is 2.04 bits per heavy atom. The highest BCUT2D eigenvalue weighted by atomic mass is 16.3. The fourth-order valence-electron chi connectivity index (χ4n) is 4.14. The molecule has 1 atom stereocenters. The number of nitrogens with zero attached hydrogens (tertiary/aromatic N) is 4. The highest BCUT2D eigenvalue weighted by Gasteiger charge is 2.24. The van der Waals surface area contributed by atoms with Crippen LogP contribution in [0.2, 0.25) is 0 Å². The monoisotopic (exact) mass is 372 g/mol. The topological polar surface area (TPSA) is 74.7 Å². The maximum absolute atomic E-state index is 12.7. The van der Waals surface area contributed by atoms with Crippen LogP contribution in [0.15, 0.2) is 33.6 Å². The zero-order chi connectivity index (χ0) is 18.8. The van der Waals surface area contributed by atoms with Crippen LogP contribution in [0.1, 0.15) is 43.2 Å². The zero-order valence-electron chi connectivity index (χ0n) is 15.9. The van der Waals surface area contributed by atoms with Crippen LogP contribution in [0.25, 0.3) is 0 Å². The number of rotatable bonds is 4. The number of hydrogen-bond donors (Lipinski definition) is 1. The van der Waals surface area contributed by atoms with E-state index in [1.807, 2.05) is 19.1 Å². The van der Waals surface area contributed by atoms with Crippen LogP contribution in [0.5, 0.6) is 0 Å². The molecule has 0 aliphatic carbocycles. The van der Waals surface area contributed by atoms with Crippen LogP contribution in [0.3, 0.4) is 0 Å². The maximum atomic E-state index is 12.7. The molecule has 2 aromatic heterocycles. The third kappa shape index (κ3) is 4.25. The van der Waals surface area contributed by atoms with Crippen LogP contribution in [-0.4, -0.2) is 52.1 Å². The molecule has 2 saturated heterocycles. The number of piperidine rings is 2. The van der Waals surface area contributed by atoms with Crippen molar-refractivity contribution >= 4 is 5.69 Å². The molecule has 4 rings (SSSR count). The highest BCUT2D eigenvalue weighted by molar-refractivity contribution is 5.43. The van der Waals surface area contributed by atoms with Gasteiger partial charge in [-0.1, -0.05) is 0 Å². The van der Waals surface area contributed by atoms with E-state index < -0.39 is 0 Å². The number of hydrogen-bond acceptors (Lipinski definition) is 6. The van der Waals surface area contributed by atoms with Crippen molar-refractivity contribution in [2.75, 3.05) is 31.1 Å². The Morgan fingerprint density at radius 1 is 1.22 bits per heavy atom. The van der Waals surface area contributed by atoms with Crippen molar-refractivity contribution in [2.45, 2.75) is 51.3 Å². The maximum Gasteiger partial charge on any atom is 0.269 e. The first-order chi connectivity index (χ1) is 13.1.